The van der Waals surface area contributed by atoms with E-state index >= 15 is 0 Å². The summed E-state index contributed by atoms with van der Waals surface area (Å²) in [6.45, 7) is 3.22. The van der Waals surface area contributed by atoms with E-state index in [4.69, 9.17) is 5.11 Å². The molecule has 0 atom stereocenters. The minimum atomic E-state index is -0.861. The lowest BCUT2D eigenvalue weighted by Gasteiger charge is -2.24. The molecule has 0 heterocycles. The van der Waals surface area contributed by atoms with E-state index in [2.05, 4.69) is 11.8 Å². The van der Waals surface area contributed by atoms with Crippen molar-refractivity contribution in [3.63, 3.8) is 0 Å². The maximum absolute atomic E-state index is 10.7. The normalized spacial score (nSPS) is 14.8. The number of hydrogen-bond acceptors (Lipinski definition) is 2. The molecule has 3 nitrogen and oxygen atoms in total. The number of rotatable bonds is 5. The molecule has 0 unspecified atom stereocenters. The highest BCUT2D eigenvalue weighted by molar-refractivity contribution is 5.88. The Kier molecular flexibility index (Phi) is 3.13. The van der Waals surface area contributed by atoms with Crippen molar-refractivity contribution >= 4 is 11.7 Å². The minimum absolute atomic E-state index is 0.357. The first kappa shape index (κ1) is 11.0. The average molecular weight is 219 g/mol. The number of carbonyl (C=O) groups is 1. The van der Waals surface area contributed by atoms with Gasteiger partial charge in [0.2, 0.25) is 0 Å². The lowest BCUT2D eigenvalue weighted by Crippen LogP contribution is -2.26. The van der Waals surface area contributed by atoms with Crippen LogP contribution >= 0.6 is 0 Å². The van der Waals surface area contributed by atoms with E-state index in [1.165, 1.54) is 12.8 Å². The first-order chi connectivity index (χ1) is 7.72. The van der Waals surface area contributed by atoms with Gasteiger partial charge in [-0.15, -0.1) is 0 Å². The molecule has 0 saturated heterocycles. The Labute approximate surface area is 95.7 Å². The molecule has 0 spiro atoms. The van der Waals surface area contributed by atoms with E-state index in [-0.39, 0.29) is 0 Å². The van der Waals surface area contributed by atoms with Crippen molar-refractivity contribution in [3.8, 4) is 0 Å². The highest BCUT2D eigenvalue weighted by Crippen LogP contribution is 2.31. The Hall–Kier alpha value is -1.51. The fraction of sp³-hybridized carbons (Fsp3) is 0.462. The number of carboxylic acids is 1. The zero-order valence-electron chi connectivity index (χ0n) is 9.52. The van der Waals surface area contributed by atoms with Gasteiger partial charge < -0.3 is 10.0 Å². The summed E-state index contributed by atoms with van der Waals surface area (Å²) in [5.74, 6) is -0.861. The van der Waals surface area contributed by atoms with Crippen LogP contribution in [0.3, 0.4) is 0 Å². The fourth-order valence-electron chi connectivity index (χ4n) is 1.95. The maximum atomic E-state index is 10.7. The van der Waals surface area contributed by atoms with Crippen molar-refractivity contribution in [3.05, 3.63) is 29.8 Å². The Morgan fingerprint density at radius 3 is 2.44 bits per heavy atom. The van der Waals surface area contributed by atoms with Gasteiger partial charge in [-0.2, -0.15) is 0 Å². The first-order valence-corrected chi connectivity index (χ1v) is 5.82. The van der Waals surface area contributed by atoms with Crippen molar-refractivity contribution in [1.82, 2.24) is 0 Å². The van der Waals surface area contributed by atoms with Gasteiger partial charge in [0.05, 0.1) is 5.56 Å². The third kappa shape index (κ3) is 2.35. The van der Waals surface area contributed by atoms with Crippen LogP contribution in [0, 0.1) is 0 Å². The third-order valence-corrected chi connectivity index (χ3v) is 2.90. The van der Waals surface area contributed by atoms with Gasteiger partial charge in [-0.1, -0.05) is 6.92 Å². The molecule has 3 heteroatoms. The minimum Gasteiger partial charge on any atom is -0.478 e. The lowest BCUT2D eigenvalue weighted by molar-refractivity contribution is 0.0697. The van der Waals surface area contributed by atoms with Gasteiger partial charge in [0, 0.05) is 18.3 Å². The third-order valence-electron chi connectivity index (χ3n) is 2.90. The standard InChI is InChI=1S/C13H17NO2/c1-2-9-14(12-7-8-12)11-5-3-10(4-6-11)13(15)16/h3-6,12H,2,7-9H2,1H3,(H,15,16). The molecule has 1 fully saturated rings. The van der Waals surface area contributed by atoms with Gasteiger partial charge in [0.25, 0.3) is 0 Å². The molecule has 0 aromatic heterocycles. The SMILES string of the molecule is CCCN(c1ccc(C(=O)O)cc1)C1CC1. The largest absolute Gasteiger partial charge is 0.478 e. The van der Waals surface area contributed by atoms with Crippen LogP contribution in [0.5, 0.6) is 0 Å². The highest BCUT2D eigenvalue weighted by Gasteiger charge is 2.28. The monoisotopic (exact) mass is 219 g/mol. The van der Waals surface area contributed by atoms with Crippen LogP contribution in [-0.2, 0) is 0 Å². The summed E-state index contributed by atoms with van der Waals surface area (Å²) in [5.41, 5.74) is 1.50. The predicted molar refractivity (Wildman–Crippen MR) is 64.1 cm³/mol. The Morgan fingerprint density at radius 2 is 2.00 bits per heavy atom. The average Bonchev–Trinajstić information content (AvgIpc) is 3.10. The molecule has 1 saturated carbocycles. The van der Waals surface area contributed by atoms with Gasteiger partial charge in [0.15, 0.2) is 0 Å². The molecule has 1 aromatic carbocycles. The van der Waals surface area contributed by atoms with E-state index in [9.17, 15) is 4.79 Å². The summed E-state index contributed by atoms with van der Waals surface area (Å²) in [6, 6.07) is 7.87. The van der Waals surface area contributed by atoms with Crippen molar-refractivity contribution in [1.29, 1.82) is 0 Å². The molecule has 0 amide bonds. The molecule has 1 N–H and O–H groups in total. The second kappa shape index (κ2) is 4.56. The summed E-state index contributed by atoms with van der Waals surface area (Å²) in [5, 5.41) is 8.83. The molecule has 0 bridgehead atoms. The van der Waals surface area contributed by atoms with Crippen LogP contribution in [0.2, 0.25) is 0 Å². The topological polar surface area (TPSA) is 40.5 Å². The molecule has 86 valence electrons. The summed E-state index contributed by atoms with van der Waals surface area (Å²) in [7, 11) is 0. The van der Waals surface area contributed by atoms with Gasteiger partial charge in [-0.3, -0.25) is 0 Å². The molecule has 0 radical (unpaired) electrons. The predicted octanol–water partition coefficient (Wildman–Crippen LogP) is 2.76. The zero-order valence-corrected chi connectivity index (χ0v) is 9.52. The summed E-state index contributed by atoms with van der Waals surface area (Å²) in [6.07, 6.45) is 3.65. The number of nitrogens with zero attached hydrogens (tertiary/aromatic N) is 1. The van der Waals surface area contributed by atoms with E-state index in [1.807, 2.05) is 12.1 Å². The number of anilines is 1. The van der Waals surface area contributed by atoms with Crippen LogP contribution in [-0.4, -0.2) is 23.7 Å². The fourth-order valence-corrected chi connectivity index (χ4v) is 1.95. The molecular weight excluding hydrogens is 202 g/mol. The molecular formula is C13H17NO2. The van der Waals surface area contributed by atoms with Crippen LogP contribution in [0.1, 0.15) is 36.5 Å². The van der Waals surface area contributed by atoms with Gasteiger partial charge >= 0.3 is 5.97 Å². The van der Waals surface area contributed by atoms with Gasteiger partial charge in [-0.25, -0.2) is 4.79 Å². The van der Waals surface area contributed by atoms with Crippen LogP contribution in [0.15, 0.2) is 24.3 Å². The zero-order chi connectivity index (χ0) is 11.5. The Bertz CT molecular complexity index is 368. The summed E-state index contributed by atoms with van der Waals surface area (Å²) < 4.78 is 0. The van der Waals surface area contributed by atoms with Crippen molar-refractivity contribution in [2.75, 3.05) is 11.4 Å². The van der Waals surface area contributed by atoms with Crippen molar-refractivity contribution in [2.24, 2.45) is 0 Å². The molecule has 1 aliphatic carbocycles. The summed E-state index contributed by atoms with van der Waals surface area (Å²) >= 11 is 0. The number of aromatic carboxylic acids is 1. The maximum Gasteiger partial charge on any atom is 0.335 e. The van der Waals surface area contributed by atoms with Crippen LogP contribution in [0.25, 0.3) is 0 Å². The van der Waals surface area contributed by atoms with Crippen LogP contribution < -0.4 is 4.90 Å². The second-order valence-corrected chi connectivity index (χ2v) is 4.28. The van der Waals surface area contributed by atoms with E-state index < -0.39 is 5.97 Å². The van der Waals surface area contributed by atoms with E-state index in [0.717, 1.165) is 18.7 Å². The van der Waals surface area contributed by atoms with Crippen molar-refractivity contribution < 1.29 is 9.90 Å². The number of carboxylic acid groups (broad SMARTS) is 1. The van der Waals surface area contributed by atoms with Crippen LogP contribution in [0.4, 0.5) is 5.69 Å². The molecule has 1 aromatic rings. The first-order valence-electron chi connectivity index (χ1n) is 5.82. The quantitative estimate of drug-likeness (QED) is 0.827. The smallest absolute Gasteiger partial charge is 0.335 e. The van der Waals surface area contributed by atoms with Gasteiger partial charge in [-0.05, 0) is 43.5 Å². The Morgan fingerprint density at radius 1 is 1.38 bits per heavy atom. The lowest BCUT2D eigenvalue weighted by atomic mass is 10.2. The molecule has 2 rings (SSSR count). The molecule has 16 heavy (non-hydrogen) atoms. The van der Waals surface area contributed by atoms with E-state index in [0.29, 0.717) is 11.6 Å². The molecule has 1 aliphatic rings. The summed E-state index contributed by atoms with van der Waals surface area (Å²) in [4.78, 5) is 13.1. The van der Waals surface area contributed by atoms with Gasteiger partial charge in [0.1, 0.15) is 0 Å². The number of hydrogen-bond donors (Lipinski definition) is 1. The highest BCUT2D eigenvalue weighted by atomic mass is 16.4. The van der Waals surface area contributed by atoms with Crippen molar-refractivity contribution in [2.45, 2.75) is 32.2 Å². The Balaban J connectivity index is 2.14. The molecule has 0 aliphatic heterocycles. The number of benzene rings is 1. The van der Waals surface area contributed by atoms with E-state index in [1.54, 1.807) is 12.1 Å². The second-order valence-electron chi connectivity index (χ2n) is 4.28.